The molecular formula is C21H22N4O3. The van der Waals surface area contributed by atoms with Crippen LogP contribution >= 0.6 is 0 Å². The molecular weight excluding hydrogens is 356 g/mol. The summed E-state index contributed by atoms with van der Waals surface area (Å²) in [6, 6.07) is 14.5. The number of aryl methyl sites for hydroxylation is 2. The first-order valence-corrected chi connectivity index (χ1v) is 8.99. The van der Waals surface area contributed by atoms with Crippen LogP contribution in [0.25, 0.3) is 10.9 Å². The van der Waals surface area contributed by atoms with Crippen LogP contribution in [0.15, 0.2) is 59.7 Å². The predicted octanol–water partition coefficient (Wildman–Crippen LogP) is 2.19. The zero-order chi connectivity index (χ0) is 20.1. The van der Waals surface area contributed by atoms with Crippen molar-refractivity contribution in [1.29, 1.82) is 0 Å². The first kappa shape index (κ1) is 19.3. The summed E-state index contributed by atoms with van der Waals surface area (Å²) >= 11 is 0. The van der Waals surface area contributed by atoms with Crippen LogP contribution in [0.2, 0.25) is 0 Å². The third kappa shape index (κ3) is 4.43. The summed E-state index contributed by atoms with van der Waals surface area (Å²) in [4.78, 5) is 42.7. The number of amides is 2. The molecule has 7 heteroatoms. The van der Waals surface area contributed by atoms with Gasteiger partial charge in [0, 0.05) is 25.7 Å². The number of carbonyl (C=O) groups excluding carboxylic acids is 2. The van der Waals surface area contributed by atoms with E-state index in [1.165, 1.54) is 15.8 Å². The number of fused-ring (bicyclic) bond motifs is 1. The minimum atomic E-state index is -0.276. The van der Waals surface area contributed by atoms with Crippen molar-refractivity contribution < 1.29 is 9.59 Å². The molecule has 0 atom stereocenters. The number of nitrogens with one attached hydrogen (secondary N) is 1. The number of benzene rings is 2. The fraction of sp³-hybridized carbons (Fsp3) is 0.238. The molecule has 3 rings (SSSR count). The average molecular weight is 378 g/mol. The van der Waals surface area contributed by atoms with Gasteiger partial charge < -0.3 is 10.2 Å². The highest BCUT2D eigenvalue weighted by atomic mass is 16.2. The summed E-state index contributed by atoms with van der Waals surface area (Å²) in [5, 5.41) is 3.27. The van der Waals surface area contributed by atoms with Gasteiger partial charge in [0.15, 0.2) is 0 Å². The van der Waals surface area contributed by atoms with E-state index in [0.717, 1.165) is 5.56 Å². The summed E-state index contributed by atoms with van der Waals surface area (Å²) in [5.41, 5.74) is 2.11. The van der Waals surface area contributed by atoms with Crippen LogP contribution in [0.5, 0.6) is 0 Å². The van der Waals surface area contributed by atoms with Gasteiger partial charge in [-0.2, -0.15) is 0 Å². The Morgan fingerprint density at radius 3 is 2.61 bits per heavy atom. The Morgan fingerprint density at radius 2 is 1.86 bits per heavy atom. The summed E-state index contributed by atoms with van der Waals surface area (Å²) < 4.78 is 1.43. The summed E-state index contributed by atoms with van der Waals surface area (Å²) in [7, 11) is 1.57. The van der Waals surface area contributed by atoms with Gasteiger partial charge in [-0.25, -0.2) is 4.98 Å². The van der Waals surface area contributed by atoms with Crippen LogP contribution in [0, 0.1) is 6.92 Å². The van der Waals surface area contributed by atoms with E-state index in [-0.39, 0.29) is 36.9 Å². The summed E-state index contributed by atoms with van der Waals surface area (Å²) in [6.07, 6.45) is 1.57. The van der Waals surface area contributed by atoms with Crippen LogP contribution < -0.4 is 10.9 Å². The topological polar surface area (TPSA) is 84.3 Å². The minimum Gasteiger partial charge on any atom is -0.336 e. The molecule has 0 aliphatic carbocycles. The van der Waals surface area contributed by atoms with E-state index in [1.807, 2.05) is 37.3 Å². The predicted molar refractivity (Wildman–Crippen MR) is 108 cm³/mol. The largest absolute Gasteiger partial charge is 0.336 e. The maximum atomic E-state index is 12.6. The quantitative estimate of drug-likeness (QED) is 0.713. The van der Waals surface area contributed by atoms with Gasteiger partial charge in [-0.3, -0.25) is 19.0 Å². The van der Waals surface area contributed by atoms with E-state index in [2.05, 4.69) is 10.3 Å². The van der Waals surface area contributed by atoms with E-state index < -0.39 is 0 Å². The molecule has 2 amide bonds. The fourth-order valence-corrected chi connectivity index (χ4v) is 2.93. The Kier molecular flexibility index (Phi) is 5.84. The second-order valence-electron chi connectivity index (χ2n) is 6.63. The molecule has 7 nitrogen and oxygen atoms in total. The number of nitrogens with zero attached hydrogens (tertiary/aromatic N) is 3. The van der Waals surface area contributed by atoms with Crippen molar-refractivity contribution in [2.75, 3.05) is 18.9 Å². The normalized spacial score (nSPS) is 10.6. The number of anilines is 1. The average Bonchev–Trinajstić information content (AvgIpc) is 2.68. The highest BCUT2D eigenvalue weighted by Crippen LogP contribution is 2.11. The lowest BCUT2D eigenvalue weighted by Crippen LogP contribution is -2.35. The lowest BCUT2D eigenvalue weighted by atomic mass is 10.1. The van der Waals surface area contributed by atoms with Gasteiger partial charge in [0.2, 0.25) is 11.8 Å². The number of carbonyl (C=O) groups is 2. The first-order valence-electron chi connectivity index (χ1n) is 8.99. The van der Waals surface area contributed by atoms with Crippen LogP contribution in [0.4, 0.5) is 5.69 Å². The fourth-order valence-electron chi connectivity index (χ4n) is 2.93. The van der Waals surface area contributed by atoms with Crippen LogP contribution in [0.3, 0.4) is 0 Å². The van der Waals surface area contributed by atoms with Crippen molar-refractivity contribution in [2.45, 2.75) is 19.9 Å². The lowest BCUT2D eigenvalue weighted by Gasteiger charge is -2.17. The summed E-state index contributed by atoms with van der Waals surface area (Å²) in [6.45, 7) is 2.05. The molecule has 0 unspecified atom stereocenters. The first-order chi connectivity index (χ1) is 13.5. The monoisotopic (exact) mass is 378 g/mol. The standard InChI is InChI=1S/C21H22N4O3/c1-15-7-6-10-17-20(15)22-14-25(21(17)28)12-11-19(27)24(2)13-18(26)23-16-8-4-3-5-9-16/h3-10,14H,11-13H2,1-2H3,(H,23,26). The van der Waals surface area contributed by atoms with Gasteiger partial charge in [-0.15, -0.1) is 0 Å². The number of hydrogen-bond acceptors (Lipinski definition) is 4. The van der Waals surface area contributed by atoms with Crippen molar-refractivity contribution in [1.82, 2.24) is 14.5 Å². The number of likely N-dealkylation sites (N-methyl/N-ethyl adjacent to an activating group) is 1. The number of para-hydroxylation sites is 2. The molecule has 28 heavy (non-hydrogen) atoms. The Balaban J connectivity index is 1.59. The van der Waals surface area contributed by atoms with Crippen molar-refractivity contribution in [3.63, 3.8) is 0 Å². The van der Waals surface area contributed by atoms with Crippen LogP contribution in [-0.4, -0.2) is 39.9 Å². The van der Waals surface area contributed by atoms with Gasteiger partial charge >= 0.3 is 0 Å². The molecule has 3 aromatic rings. The summed E-state index contributed by atoms with van der Waals surface area (Å²) in [5.74, 6) is -0.499. The van der Waals surface area contributed by atoms with Gasteiger partial charge in [0.05, 0.1) is 23.8 Å². The Hall–Kier alpha value is -3.48. The van der Waals surface area contributed by atoms with Crippen molar-refractivity contribution in [3.05, 3.63) is 70.8 Å². The van der Waals surface area contributed by atoms with E-state index in [1.54, 1.807) is 25.2 Å². The molecule has 0 bridgehead atoms. The molecule has 0 saturated heterocycles. The van der Waals surface area contributed by atoms with Crippen LogP contribution in [0.1, 0.15) is 12.0 Å². The van der Waals surface area contributed by atoms with E-state index >= 15 is 0 Å². The highest BCUT2D eigenvalue weighted by molar-refractivity contribution is 5.94. The zero-order valence-electron chi connectivity index (χ0n) is 15.9. The SMILES string of the molecule is Cc1cccc2c(=O)n(CCC(=O)N(C)CC(=O)Nc3ccccc3)cnc12. The zero-order valence-corrected chi connectivity index (χ0v) is 15.9. The molecule has 1 heterocycles. The second kappa shape index (κ2) is 8.47. The molecule has 2 aromatic carbocycles. The van der Waals surface area contributed by atoms with Crippen molar-refractivity contribution in [2.24, 2.45) is 0 Å². The van der Waals surface area contributed by atoms with E-state index in [4.69, 9.17) is 0 Å². The molecule has 0 fully saturated rings. The Morgan fingerprint density at radius 1 is 1.11 bits per heavy atom. The Labute approximate surface area is 162 Å². The smallest absolute Gasteiger partial charge is 0.261 e. The molecule has 0 saturated carbocycles. The third-order valence-corrected chi connectivity index (χ3v) is 4.49. The Bertz CT molecular complexity index is 1060. The van der Waals surface area contributed by atoms with Gasteiger partial charge in [-0.05, 0) is 30.7 Å². The molecule has 144 valence electrons. The van der Waals surface area contributed by atoms with Crippen molar-refractivity contribution in [3.8, 4) is 0 Å². The van der Waals surface area contributed by atoms with Gasteiger partial charge in [-0.1, -0.05) is 30.3 Å². The molecule has 1 aromatic heterocycles. The number of aromatic nitrogens is 2. The molecule has 0 spiro atoms. The minimum absolute atomic E-state index is 0.0577. The maximum absolute atomic E-state index is 12.6. The van der Waals surface area contributed by atoms with Crippen molar-refractivity contribution >= 4 is 28.4 Å². The van der Waals surface area contributed by atoms with E-state index in [0.29, 0.717) is 16.6 Å². The number of rotatable bonds is 6. The van der Waals surface area contributed by atoms with E-state index in [9.17, 15) is 14.4 Å². The second-order valence-corrected chi connectivity index (χ2v) is 6.63. The third-order valence-electron chi connectivity index (χ3n) is 4.49. The molecule has 1 N–H and O–H groups in total. The number of hydrogen-bond donors (Lipinski definition) is 1. The van der Waals surface area contributed by atoms with Crippen LogP contribution in [-0.2, 0) is 16.1 Å². The molecule has 0 aliphatic rings. The maximum Gasteiger partial charge on any atom is 0.261 e. The van der Waals surface area contributed by atoms with Gasteiger partial charge in [0.1, 0.15) is 0 Å². The lowest BCUT2D eigenvalue weighted by molar-refractivity contribution is -0.133. The highest BCUT2D eigenvalue weighted by Gasteiger charge is 2.14. The van der Waals surface area contributed by atoms with Gasteiger partial charge in [0.25, 0.3) is 5.56 Å². The molecule has 0 radical (unpaired) electrons. The molecule has 0 aliphatic heterocycles.